The number of benzene rings is 1. The topological polar surface area (TPSA) is 64.3 Å². The van der Waals surface area contributed by atoms with Crippen LogP contribution in [-0.4, -0.2) is 31.1 Å². The number of anilines is 2. The Kier molecular flexibility index (Phi) is 8.74. The molecule has 0 unspecified atom stereocenters. The summed E-state index contributed by atoms with van der Waals surface area (Å²) in [7, 11) is 0. The van der Waals surface area contributed by atoms with Gasteiger partial charge in [0.1, 0.15) is 0 Å². The quantitative estimate of drug-likeness (QED) is 0.391. The lowest BCUT2D eigenvalue weighted by molar-refractivity contribution is 0.0527. The van der Waals surface area contributed by atoms with Crippen molar-refractivity contribution in [2.75, 3.05) is 36.2 Å². The number of nitrogen functional groups attached to an aromatic ring is 1. The second kappa shape index (κ2) is 10.4. The number of esters is 1. The predicted octanol–water partition coefficient (Wildman–Crippen LogP) is 3.78. The van der Waals surface area contributed by atoms with Gasteiger partial charge in [0.15, 0.2) is 0 Å². The third kappa shape index (κ3) is 6.29. The minimum Gasteiger partial charge on any atom is -0.462 e. The molecule has 0 atom stereocenters. The standard InChI is InChI=1S/C16H26N2O2S/c1-3-20-16(19)13-9-8-10-14(17)15(13)18-11-6-4-5-7-12-21-2/h8-10,18H,3-7,11-12,17H2,1-2H3. The van der Waals surface area contributed by atoms with Gasteiger partial charge >= 0.3 is 5.97 Å². The number of thioether (sulfide) groups is 1. The van der Waals surface area contributed by atoms with Gasteiger partial charge in [-0.1, -0.05) is 18.9 Å². The molecule has 0 heterocycles. The van der Waals surface area contributed by atoms with Gasteiger partial charge in [-0.2, -0.15) is 11.8 Å². The van der Waals surface area contributed by atoms with Gasteiger partial charge in [-0.15, -0.1) is 0 Å². The monoisotopic (exact) mass is 310 g/mol. The highest BCUT2D eigenvalue weighted by Gasteiger charge is 2.14. The lowest BCUT2D eigenvalue weighted by atomic mass is 10.1. The number of nitrogens with two attached hydrogens (primary N) is 1. The van der Waals surface area contributed by atoms with E-state index in [1.54, 1.807) is 25.1 Å². The normalized spacial score (nSPS) is 10.4. The molecule has 1 aromatic rings. The van der Waals surface area contributed by atoms with Crippen molar-refractivity contribution < 1.29 is 9.53 Å². The molecule has 0 spiro atoms. The molecule has 21 heavy (non-hydrogen) atoms. The minimum atomic E-state index is -0.327. The molecule has 1 rings (SSSR count). The van der Waals surface area contributed by atoms with Gasteiger partial charge in [0.2, 0.25) is 0 Å². The number of carbonyl (C=O) groups is 1. The number of rotatable bonds is 10. The van der Waals surface area contributed by atoms with Crippen LogP contribution in [-0.2, 0) is 4.74 Å². The fraction of sp³-hybridized carbons (Fsp3) is 0.562. The predicted molar refractivity (Wildman–Crippen MR) is 92.2 cm³/mol. The van der Waals surface area contributed by atoms with Crippen molar-refractivity contribution in [1.29, 1.82) is 0 Å². The van der Waals surface area contributed by atoms with Crippen molar-refractivity contribution >= 4 is 29.1 Å². The highest BCUT2D eigenvalue weighted by Crippen LogP contribution is 2.24. The molecule has 5 heteroatoms. The smallest absolute Gasteiger partial charge is 0.340 e. The number of para-hydroxylation sites is 1. The molecule has 0 aliphatic heterocycles. The van der Waals surface area contributed by atoms with Crippen molar-refractivity contribution in [2.24, 2.45) is 0 Å². The van der Waals surface area contributed by atoms with E-state index in [0.29, 0.717) is 23.5 Å². The van der Waals surface area contributed by atoms with E-state index in [-0.39, 0.29) is 5.97 Å². The molecule has 118 valence electrons. The van der Waals surface area contributed by atoms with Gasteiger partial charge in [-0.05, 0) is 43.9 Å². The van der Waals surface area contributed by atoms with E-state index in [1.165, 1.54) is 25.0 Å². The fourth-order valence-corrected chi connectivity index (χ4v) is 2.58. The zero-order chi connectivity index (χ0) is 15.5. The van der Waals surface area contributed by atoms with Crippen LogP contribution in [0, 0.1) is 0 Å². The van der Waals surface area contributed by atoms with Gasteiger partial charge in [0, 0.05) is 6.54 Å². The molecule has 0 saturated heterocycles. The summed E-state index contributed by atoms with van der Waals surface area (Å²) in [4.78, 5) is 11.9. The Morgan fingerprint density at radius 1 is 1.29 bits per heavy atom. The highest BCUT2D eigenvalue weighted by atomic mass is 32.2. The molecule has 0 fully saturated rings. The average molecular weight is 310 g/mol. The fourth-order valence-electron chi connectivity index (χ4n) is 2.08. The summed E-state index contributed by atoms with van der Waals surface area (Å²) in [6.45, 7) is 2.98. The van der Waals surface area contributed by atoms with E-state index in [1.807, 2.05) is 11.8 Å². The molecular formula is C16H26N2O2S. The lowest BCUT2D eigenvalue weighted by Gasteiger charge is -2.13. The van der Waals surface area contributed by atoms with Crippen LogP contribution in [0.4, 0.5) is 11.4 Å². The minimum absolute atomic E-state index is 0.327. The maximum Gasteiger partial charge on any atom is 0.340 e. The average Bonchev–Trinajstić information content (AvgIpc) is 2.47. The summed E-state index contributed by atoms with van der Waals surface area (Å²) < 4.78 is 5.06. The molecule has 0 amide bonds. The number of carbonyl (C=O) groups excluding carboxylic acids is 1. The molecule has 4 nitrogen and oxygen atoms in total. The number of hydrogen-bond acceptors (Lipinski definition) is 5. The summed E-state index contributed by atoms with van der Waals surface area (Å²) in [5.74, 6) is 0.902. The van der Waals surface area contributed by atoms with Crippen molar-refractivity contribution in [3.63, 3.8) is 0 Å². The van der Waals surface area contributed by atoms with Crippen molar-refractivity contribution in [3.8, 4) is 0 Å². The molecule has 0 saturated carbocycles. The maximum atomic E-state index is 11.9. The largest absolute Gasteiger partial charge is 0.462 e. The first-order valence-electron chi connectivity index (χ1n) is 7.49. The summed E-state index contributed by atoms with van der Waals surface area (Å²) in [5.41, 5.74) is 7.76. The second-order valence-electron chi connectivity index (χ2n) is 4.82. The Balaban J connectivity index is 2.48. The van der Waals surface area contributed by atoms with E-state index < -0.39 is 0 Å². The van der Waals surface area contributed by atoms with Crippen LogP contribution in [0.1, 0.15) is 43.0 Å². The van der Waals surface area contributed by atoms with E-state index in [4.69, 9.17) is 10.5 Å². The summed E-state index contributed by atoms with van der Waals surface area (Å²) in [6, 6.07) is 5.31. The van der Waals surface area contributed by atoms with Crippen molar-refractivity contribution in [2.45, 2.75) is 32.6 Å². The Hall–Kier alpha value is -1.36. The van der Waals surface area contributed by atoms with Crippen molar-refractivity contribution in [3.05, 3.63) is 23.8 Å². The van der Waals surface area contributed by atoms with Crippen LogP contribution < -0.4 is 11.1 Å². The third-order valence-electron chi connectivity index (χ3n) is 3.17. The summed E-state index contributed by atoms with van der Waals surface area (Å²) in [6.07, 6.45) is 6.91. The first-order valence-corrected chi connectivity index (χ1v) is 8.88. The summed E-state index contributed by atoms with van der Waals surface area (Å²) in [5, 5.41) is 3.28. The first kappa shape index (κ1) is 17.7. The number of ether oxygens (including phenoxy) is 1. The summed E-state index contributed by atoms with van der Waals surface area (Å²) >= 11 is 1.89. The van der Waals surface area contributed by atoms with Crippen molar-refractivity contribution in [1.82, 2.24) is 0 Å². The molecule has 3 N–H and O–H groups in total. The van der Waals surface area contributed by atoms with Crippen LogP contribution >= 0.6 is 11.8 Å². The van der Waals surface area contributed by atoms with E-state index in [9.17, 15) is 4.79 Å². The number of hydrogen-bond donors (Lipinski definition) is 2. The van der Waals surface area contributed by atoms with Gasteiger partial charge < -0.3 is 15.8 Å². The number of nitrogens with one attached hydrogen (secondary N) is 1. The zero-order valence-electron chi connectivity index (χ0n) is 13.0. The maximum absolute atomic E-state index is 11.9. The Labute approximate surface area is 131 Å². The van der Waals surface area contributed by atoms with Crippen LogP contribution in [0.5, 0.6) is 0 Å². The molecule has 0 aliphatic carbocycles. The third-order valence-corrected chi connectivity index (χ3v) is 3.87. The van der Waals surface area contributed by atoms with E-state index in [0.717, 1.165) is 13.0 Å². The van der Waals surface area contributed by atoms with Gasteiger partial charge in [-0.25, -0.2) is 4.79 Å². The number of unbranched alkanes of at least 4 members (excludes halogenated alkanes) is 3. The lowest BCUT2D eigenvalue weighted by Crippen LogP contribution is -2.12. The Bertz CT molecular complexity index is 438. The first-order chi connectivity index (χ1) is 10.2. The van der Waals surface area contributed by atoms with Gasteiger partial charge in [-0.3, -0.25) is 0 Å². The van der Waals surface area contributed by atoms with E-state index in [2.05, 4.69) is 11.6 Å². The van der Waals surface area contributed by atoms with Gasteiger partial charge in [0.25, 0.3) is 0 Å². The molecule has 1 aromatic carbocycles. The molecule has 0 aliphatic rings. The Morgan fingerprint density at radius 2 is 2.05 bits per heavy atom. The SMILES string of the molecule is CCOC(=O)c1cccc(N)c1NCCCCCCSC. The van der Waals surface area contributed by atoms with E-state index >= 15 is 0 Å². The Morgan fingerprint density at radius 3 is 2.76 bits per heavy atom. The van der Waals surface area contributed by atoms with Crippen LogP contribution in [0.3, 0.4) is 0 Å². The van der Waals surface area contributed by atoms with Crippen LogP contribution in [0.15, 0.2) is 18.2 Å². The van der Waals surface area contributed by atoms with Crippen LogP contribution in [0.2, 0.25) is 0 Å². The highest BCUT2D eigenvalue weighted by molar-refractivity contribution is 7.98. The molecule has 0 radical (unpaired) electrons. The molecule has 0 aromatic heterocycles. The van der Waals surface area contributed by atoms with Crippen LogP contribution in [0.25, 0.3) is 0 Å². The van der Waals surface area contributed by atoms with Gasteiger partial charge in [0.05, 0.1) is 23.5 Å². The molecular weight excluding hydrogens is 284 g/mol. The molecule has 0 bridgehead atoms. The zero-order valence-corrected chi connectivity index (χ0v) is 13.8. The second-order valence-corrected chi connectivity index (χ2v) is 5.81.